The lowest BCUT2D eigenvalue weighted by Crippen LogP contribution is -2.06. The number of hydrogen-bond acceptors (Lipinski definition) is 2. The number of hydrogen-bond donors (Lipinski definition) is 1. The van der Waals surface area contributed by atoms with Gasteiger partial charge in [0.25, 0.3) is 0 Å². The Bertz CT molecular complexity index is 283. The van der Waals surface area contributed by atoms with Crippen molar-refractivity contribution in [3.8, 4) is 0 Å². The molecule has 3 heteroatoms. The maximum Gasteiger partial charge on any atom is 0.0517 e. The van der Waals surface area contributed by atoms with Crippen LogP contribution in [-0.2, 0) is 0 Å². The Morgan fingerprint density at radius 3 is 2.57 bits per heavy atom. The first-order valence-corrected chi connectivity index (χ1v) is 6.26. The Kier molecular flexibility index (Phi) is 5.78. The molecule has 14 heavy (non-hydrogen) atoms. The smallest absolute Gasteiger partial charge is 0.0517 e. The summed E-state index contributed by atoms with van der Waals surface area (Å²) in [6.45, 7) is 1.55. The van der Waals surface area contributed by atoms with Crippen LogP contribution in [0, 0.1) is 0 Å². The van der Waals surface area contributed by atoms with E-state index in [2.05, 4.69) is 39.7 Å². The summed E-state index contributed by atoms with van der Waals surface area (Å²) in [7, 11) is 0. The molecule has 0 aliphatic carbocycles. The van der Waals surface area contributed by atoms with Gasteiger partial charge in [-0.1, -0.05) is 52.9 Å². The highest BCUT2D eigenvalue weighted by molar-refractivity contribution is 14.1. The molecule has 0 saturated carbocycles. The predicted octanol–water partition coefficient (Wildman–Crippen LogP) is 2.26. The summed E-state index contributed by atoms with van der Waals surface area (Å²) in [5.41, 5.74) is 7.81. The van der Waals surface area contributed by atoms with Crippen LogP contribution in [0.15, 0.2) is 35.3 Å². The van der Waals surface area contributed by atoms with E-state index in [1.165, 1.54) is 11.3 Å². The summed E-state index contributed by atoms with van der Waals surface area (Å²) < 4.78 is 0.951. The summed E-state index contributed by atoms with van der Waals surface area (Å²) >= 11 is 2.34. The molecule has 0 amide bonds. The molecule has 1 aromatic rings. The zero-order chi connectivity index (χ0) is 10.2. The van der Waals surface area contributed by atoms with Crippen LogP contribution in [0.3, 0.4) is 0 Å². The van der Waals surface area contributed by atoms with Crippen molar-refractivity contribution in [3.63, 3.8) is 0 Å². The first-order valence-electron chi connectivity index (χ1n) is 4.73. The van der Waals surface area contributed by atoms with Crippen LogP contribution in [0.4, 0.5) is 0 Å². The van der Waals surface area contributed by atoms with Crippen molar-refractivity contribution in [2.75, 3.05) is 17.5 Å². The molecule has 2 N–H and O–H groups in total. The van der Waals surface area contributed by atoms with Crippen molar-refractivity contribution in [2.45, 2.75) is 6.42 Å². The van der Waals surface area contributed by atoms with Gasteiger partial charge in [-0.05, 0) is 18.5 Å². The van der Waals surface area contributed by atoms with Crippen molar-refractivity contribution >= 4 is 28.3 Å². The van der Waals surface area contributed by atoms with Gasteiger partial charge in [-0.15, -0.1) is 0 Å². The number of benzene rings is 1. The second-order valence-electron chi connectivity index (χ2n) is 2.97. The highest BCUT2D eigenvalue weighted by atomic mass is 127. The van der Waals surface area contributed by atoms with E-state index in [9.17, 15) is 0 Å². The molecule has 0 bridgehead atoms. The Morgan fingerprint density at radius 2 is 2.00 bits per heavy atom. The number of halogens is 1. The lowest BCUT2D eigenvalue weighted by Gasteiger charge is -2.02. The molecule has 0 saturated heterocycles. The first kappa shape index (κ1) is 11.7. The van der Waals surface area contributed by atoms with E-state index < -0.39 is 0 Å². The fourth-order valence-corrected chi connectivity index (χ4v) is 1.83. The maximum absolute atomic E-state index is 5.42. The third-order valence-electron chi connectivity index (χ3n) is 1.90. The van der Waals surface area contributed by atoms with Crippen molar-refractivity contribution in [1.29, 1.82) is 0 Å². The largest absolute Gasteiger partial charge is 0.330 e. The highest BCUT2D eigenvalue weighted by Crippen LogP contribution is 2.04. The van der Waals surface area contributed by atoms with Gasteiger partial charge >= 0.3 is 0 Å². The van der Waals surface area contributed by atoms with Crippen LogP contribution in [0.25, 0.3) is 0 Å². The van der Waals surface area contributed by atoms with Crippen LogP contribution in [-0.4, -0.2) is 23.2 Å². The normalized spacial score (nSPS) is 11.7. The number of nitrogens with two attached hydrogens (primary N) is 1. The average Bonchev–Trinajstić information content (AvgIpc) is 2.26. The molecule has 1 aromatic carbocycles. The summed E-state index contributed by atoms with van der Waals surface area (Å²) in [4.78, 5) is 4.53. The molecule has 0 atom stereocenters. The molecule has 0 spiro atoms. The molecule has 0 fully saturated rings. The van der Waals surface area contributed by atoms with Crippen molar-refractivity contribution in [2.24, 2.45) is 10.7 Å². The zero-order valence-corrected chi connectivity index (χ0v) is 10.3. The van der Waals surface area contributed by atoms with Gasteiger partial charge in [0.1, 0.15) is 0 Å². The van der Waals surface area contributed by atoms with Gasteiger partial charge in [-0.3, -0.25) is 4.99 Å². The summed E-state index contributed by atoms with van der Waals surface area (Å²) in [6.07, 6.45) is 0.965. The third-order valence-corrected chi connectivity index (χ3v) is 2.62. The van der Waals surface area contributed by atoms with E-state index in [0.717, 1.165) is 17.4 Å². The van der Waals surface area contributed by atoms with Crippen molar-refractivity contribution < 1.29 is 0 Å². The number of nitrogens with zero attached hydrogens (tertiary/aromatic N) is 1. The fraction of sp³-hybridized carbons (Fsp3) is 0.364. The highest BCUT2D eigenvalue weighted by Gasteiger charge is 1.99. The zero-order valence-electron chi connectivity index (χ0n) is 8.12. The Morgan fingerprint density at radius 1 is 1.29 bits per heavy atom. The van der Waals surface area contributed by atoms with E-state index in [1.807, 2.05) is 18.2 Å². The first-order chi connectivity index (χ1) is 6.88. The molecule has 0 aromatic heterocycles. The number of rotatable bonds is 5. The molecule has 0 unspecified atom stereocenters. The van der Waals surface area contributed by atoms with Crippen LogP contribution >= 0.6 is 22.6 Å². The molecule has 0 aliphatic rings. The molecule has 1 rings (SSSR count). The minimum absolute atomic E-state index is 0.715. The van der Waals surface area contributed by atoms with E-state index in [1.54, 1.807) is 0 Å². The van der Waals surface area contributed by atoms with Crippen molar-refractivity contribution in [3.05, 3.63) is 35.9 Å². The minimum Gasteiger partial charge on any atom is -0.330 e. The number of aliphatic imine (C=N–C) groups is 1. The van der Waals surface area contributed by atoms with Gasteiger partial charge in [0.2, 0.25) is 0 Å². The van der Waals surface area contributed by atoms with Crippen LogP contribution in [0.1, 0.15) is 12.0 Å². The minimum atomic E-state index is 0.715. The summed E-state index contributed by atoms with van der Waals surface area (Å²) in [5, 5.41) is 0. The SMILES string of the molecule is NCCCN=C(CI)c1ccccc1. The van der Waals surface area contributed by atoms with Gasteiger partial charge in [-0.25, -0.2) is 0 Å². The van der Waals surface area contributed by atoms with Gasteiger partial charge < -0.3 is 5.73 Å². The molecule has 76 valence electrons. The topological polar surface area (TPSA) is 38.4 Å². The monoisotopic (exact) mass is 302 g/mol. The summed E-state index contributed by atoms with van der Waals surface area (Å²) in [6, 6.07) is 10.3. The van der Waals surface area contributed by atoms with E-state index in [0.29, 0.717) is 6.54 Å². The van der Waals surface area contributed by atoms with Gasteiger partial charge in [0.15, 0.2) is 0 Å². The van der Waals surface area contributed by atoms with Gasteiger partial charge in [0.05, 0.1) is 5.71 Å². The lowest BCUT2D eigenvalue weighted by atomic mass is 10.1. The van der Waals surface area contributed by atoms with Crippen LogP contribution in [0.2, 0.25) is 0 Å². The van der Waals surface area contributed by atoms with E-state index in [-0.39, 0.29) is 0 Å². The maximum atomic E-state index is 5.42. The van der Waals surface area contributed by atoms with E-state index in [4.69, 9.17) is 5.73 Å². The second kappa shape index (κ2) is 6.95. The van der Waals surface area contributed by atoms with Crippen LogP contribution in [0.5, 0.6) is 0 Å². The molecule has 0 radical (unpaired) electrons. The molecule has 0 aliphatic heterocycles. The standard InChI is InChI=1S/C11H15IN2/c12-9-11(14-8-4-7-13)10-5-2-1-3-6-10/h1-3,5-6H,4,7-9,13H2. The van der Waals surface area contributed by atoms with Gasteiger partial charge in [-0.2, -0.15) is 0 Å². The summed E-state index contributed by atoms with van der Waals surface area (Å²) in [5.74, 6) is 0. The van der Waals surface area contributed by atoms with Crippen LogP contribution < -0.4 is 5.73 Å². The lowest BCUT2D eigenvalue weighted by molar-refractivity contribution is 0.845. The Hall–Kier alpha value is -0.420. The number of alkyl halides is 1. The molecule has 2 nitrogen and oxygen atoms in total. The quantitative estimate of drug-likeness (QED) is 0.385. The second-order valence-corrected chi connectivity index (χ2v) is 3.73. The van der Waals surface area contributed by atoms with Gasteiger partial charge in [0, 0.05) is 11.0 Å². The Labute approximate surface area is 98.8 Å². The molecule has 0 heterocycles. The predicted molar refractivity (Wildman–Crippen MR) is 70.4 cm³/mol. The third kappa shape index (κ3) is 3.75. The Balaban J connectivity index is 2.67. The average molecular weight is 302 g/mol. The van der Waals surface area contributed by atoms with E-state index >= 15 is 0 Å². The molecular formula is C11H15IN2. The fourth-order valence-electron chi connectivity index (χ4n) is 1.15. The molecular weight excluding hydrogens is 287 g/mol. The van der Waals surface area contributed by atoms with Crippen molar-refractivity contribution in [1.82, 2.24) is 0 Å².